The van der Waals surface area contributed by atoms with Crippen molar-refractivity contribution >= 4 is 99.3 Å². The number of hydrogen-bond acceptors (Lipinski definition) is 24. The van der Waals surface area contributed by atoms with E-state index in [4.69, 9.17) is 42.6 Å². The smallest absolute Gasteiger partial charge is 0.343 e. The molecule has 0 aromatic rings. The summed E-state index contributed by atoms with van der Waals surface area (Å²) in [6.45, 7) is 11.1. The molecular formula is C48H90O36P6. The van der Waals surface area contributed by atoms with Crippen molar-refractivity contribution in [3.63, 3.8) is 0 Å². The van der Waals surface area contributed by atoms with Gasteiger partial charge < -0.3 is 101 Å². The highest BCUT2D eigenvalue weighted by Gasteiger charge is 2.58. The second-order valence-electron chi connectivity index (χ2n) is 19.9. The van der Waals surface area contributed by atoms with E-state index in [2.05, 4.69) is 0 Å². The van der Waals surface area contributed by atoms with Gasteiger partial charge in [-0.3, -0.25) is 70.5 Å². The maximum Gasteiger partial charge on any atom is 0.343 e. The highest BCUT2D eigenvalue weighted by atomic mass is 31.3. The first-order valence-electron chi connectivity index (χ1n) is 27.9. The van der Waals surface area contributed by atoms with Crippen molar-refractivity contribution in [2.75, 3.05) is 39.6 Å². The first-order chi connectivity index (χ1) is 41.0. The Morgan fingerprint density at radius 1 is 0.278 bits per heavy atom. The number of rotatable bonds is 42. The molecule has 12 N–H and O–H groups in total. The lowest BCUT2D eigenvalue weighted by molar-refractivity contribution is -0.155. The molecule has 0 bridgehead atoms. The van der Waals surface area contributed by atoms with Gasteiger partial charge in [-0.15, -0.1) is 0 Å². The van der Waals surface area contributed by atoms with Crippen molar-refractivity contribution < 1.29 is 172 Å². The van der Waals surface area contributed by atoms with E-state index in [9.17, 15) is 129 Å². The Morgan fingerprint density at radius 2 is 0.422 bits per heavy atom. The first kappa shape index (κ1) is 90.3. The molecule has 42 heteroatoms. The Kier molecular flexibility index (Phi) is 42.6. The average molecular weight is 1430 g/mol. The van der Waals surface area contributed by atoms with E-state index in [0.29, 0.717) is 20.8 Å². The number of carbonyl (C=O) groups is 9. The van der Waals surface area contributed by atoms with E-state index >= 15 is 0 Å². The molecular weight excluding hydrogens is 1340 g/mol. The van der Waals surface area contributed by atoms with Crippen molar-refractivity contribution in [3.05, 3.63) is 0 Å². The lowest BCUT2D eigenvalue weighted by Crippen LogP contribution is -2.27. The van der Waals surface area contributed by atoms with Gasteiger partial charge in [0.05, 0.1) is 39.6 Å². The largest absolute Gasteiger partial charge is 0.466 e. The van der Waals surface area contributed by atoms with Crippen LogP contribution >= 0.6 is 45.6 Å². The van der Waals surface area contributed by atoms with Crippen molar-refractivity contribution in [3.8, 4) is 0 Å². The van der Waals surface area contributed by atoms with E-state index in [1.165, 1.54) is 0 Å². The maximum atomic E-state index is 11.8. The Bertz CT molecular complexity index is 2250. The van der Waals surface area contributed by atoms with Gasteiger partial charge in [0.15, 0.2) is 14.7 Å². The number of esters is 9. The normalized spacial score (nSPS) is 13.4. The number of hydrogen-bond donors (Lipinski definition) is 12. The molecule has 3 atom stereocenters. The third-order valence-electron chi connectivity index (χ3n) is 13.0. The third kappa shape index (κ3) is 35.4. The van der Waals surface area contributed by atoms with Crippen molar-refractivity contribution in [2.24, 2.45) is 0 Å². The van der Waals surface area contributed by atoms with Gasteiger partial charge in [0.25, 0.3) is 0 Å². The molecule has 0 rings (SSSR count). The zero-order chi connectivity index (χ0) is 70.8. The van der Waals surface area contributed by atoms with Gasteiger partial charge >= 0.3 is 99.3 Å². The van der Waals surface area contributed by atoms with E-state index in [-0.39, 0.29) is 117 Å². The van der Waals surface area contributed by atoms with E-state index in [1.54, 1.807) is 41.5 Å². The van der Waals surface area contributed by atoms with Crippen molar-refractivity contribution in [1.82, 2.24) is 0 Å². The molecule has 0 fully saturated rings. The fourth-order valence-electron chi connectivity index (χ4n) is 6.34. The summed E-state index contributed by atoms with van der Waals surface area (Å²) in [7, 11) is -31.3. The van der Waals surface area contributed by atoms with Crippen LogP contribution in [0.1, 0.15) is 178 Å². The molecule has 3 unspecified atom stereocenters. The molecule has 0 aromatic carbocycles. The monoisotopic (exact) mass is 1430 g/mol. The van der Waals surface area contributed by atoms with Crippen molar-refractivity contribution in [2.45, 2.75) is 211 Å². The maximum absolute atomic E-state index is 11.8. The van der Waals surface area contributed by atoms with Gasteiger partial charge in [0, 0.05) is 96.3 Å². The SMILES string of the molecule is CCC(=O)OCCC(CCOC(=O)CCC(C)(P(=O)(O)O)P(=O)(O)O)OC(=O)CC.CCC(=O)OCCC(CCOC(=O)CCC(C)(P(=O)(O)O)P(=O)(O)O)OC(=O)CC.CCC(=O)OCCC(CCOC(=O)CCC(C)(P(=O)(O)O)P(=O)(O)O)OC(=O)CC. The van der Waals surface area contributed by atoms with Crippen LogP contribution < -0.4 is 0 Å². The van der Waals surface area contributed by atoms with Gasteiger partial charge in [-0.05, 0) is 40.0 Å². The molecule has 0 aliphatic carbocycles. The van der Waals surface area contributed by atoms with Gasteiger partial charge in [0.2, 0.25) is 0 Å². The molecule has 0 aliphatic rings. The Morgan fingerprint density at radius 3 is 0.556 bits per heavy atom. The summed E-state index contributed by atoms with van der Waals surface area (Å²) < 4.78 is 114. The standard InChI is InChI=1S/3C16H30O12P2/c3*1-4-13(17)26-10-7-12(28-14(18)5-2)8-11-27-15(19)6-9-16(3,29(20,21)22)30(23,24)25/h3*12H,4-11H2,1-3H3,(H2,20,21,22)(H2,23,24,25). The summed E-state index contributed by atoms with van der Waals surface area (Å²) in [5, 5.41) is 0. The lowest BCUT2D eigenvalue weighted by atomic mass is 10.2. The van der Waals surface area contributed by atoms with Crippen LogP contribution in [-0.2, 0) is 113 Å². The molecule has 0 amide bonds. The molecule has 36 nitrogen and oxygen atoms in total. The summed E-state index contributed by atoms with van der Waals surface area (Å²) in [6.07, 6.45) is -4.63. The average Bonchev–Trinajstić information content (AvgIpc) is 0.831. The Balaban J connectivity index is -0.00000126. The molecule has 0 aliphatic heterocycles. The van der Waals surface area contributed by atoms with Crippen LogP contribution in [0.15, 0.2) is 0 Å². The molecule has 0 saturated heterocycles. The highest BCUT2D eigenvalue weighted by molar-refractivity contribution is 7.73. The van der Waals surface area contributed by atoms with Crippen LogP contribution in [-0.4, -0.2) is 185 Å². The highest BCUT2D eigenvalue weighted by Crippen LogP contribution is 2.72. The van der Waals surface area contributed by atoms with Crippen LogP contribution in [0.25, 0.3) is 0 Å². The van der Waals surface area contributed by atoms with E-state index in [0.717, 1.165) is 0 Å². The van der Waals surface area contributed by atoms with Gasteiger partial charge in [-0.1, -0.05) is 41.5 Å². The quantitative estimate of drug-likeness (QED) is 0.0230. The summed E-state index contributed by atoms with van der Waals surface area (Å²) in [6, 6.07) is 0. The molecule has 0 heterocycles. The fraction of sp³-hybridized carbons (Fsp3) is 0.812. The van der Waals surface area contributed by atoms with E-state index < -0.39 is 171 Å². The zero-order valence-corrected chi connectivity index (χ0v) is 56.9. The minimum Gasteiger partial charge on any atom is -0.466 e. The summed E-state index contributed by atoms with van der Waals surface area (Å²) in [5.41, 5.74) is 0. The molecule has 528 valence electrons. The minimum absolute atomic E-state index is 0.00516. The zero-order valence-electron chi connectivity index (χ0n) is 51.6. The van der Waals surface area contributed by atoms with Gasteiger partial charge in [-0.25, -0.2) is 0 Å². The third-order valence-corrected chi connectivity index (χ3v) is 26.6. The van der Waals surface area contributed by atoms with Crippen LogP contribution in [0.4, 0.5) is 0 Å². The topological polar surface area (TPSA) is 582 Å². The van der Waals surface area contributed by atoms with Crippen LogP contribution in [0.3, 0.4) is 0 Å². The lowest BCUT2D eigenvalue weighted by Gasteiger charge is -2.30. The second-order valence-corrected chi connectivity index (χ2v) is 33.4. The predicted molar refractivity (Wildman–Crippen MR) is 310 cm³/mol. The summed E-state index contributed by atoms with van der Waals surface area (Å²) in [4.78, 5) is 206. The first-order valence-corrected chi connectivity index (χ1v) is 37.6. The predicted octanol–water partition coefficient (Wildman–Crippen LogP) is 4.31. The van der Waals surface area contributed by atoms with Crippen LogP contribution in [0.2, 0.25) is 0 Å². The fourth-order valence-corrected chi connectivity index (χ4v) is 12.8. The molecule has 0 radical (unpaired) electrons. The van der Waals surface area contributed by atoms with Crippen molar-refractivity contribution in [1.29, 1.82) is 0 Å². The Labute approximate surface area is 520 Å². The molecule has 0 spiro atoms. The van der Waals surface area contributed by atoms with Gasteiger partial charge in [-0.2, -0.15) is 0 Å². The molecule has 0 saturated carbocycles. The summed E-state index contributed by atoms with van der Waals surface area (Å²) in [5.74, 6) is -5.52. The van der Waals surface area contributed by atoms with Crippen LogP contribution in [0, 0.1) is 0 Å². The van der Waals surface area contributed by atoms with E-state index in [1.807, 2.05) is 0 Å². The molecule has 0 aromatic heterocycles. The molecule has 90 heavy (non-hydrogen) atoms. The Hall–Kier alpha value is -3.87. The minimum atomic E-state index is -5.22. The number of carbonyl (C=O) groups excluding carboxylic acids is 9. The number of ether oxygens (including phenoxy) is 9. The van der Waals surface area contributed by atoms with Gasteiger partial charge in [0.1, 0.15) is 18.3 Å². The second kappa shape index (κ2) is 42.5. The van der Waals surface area contributed by atoms with Crippen LogP contribution in [0.5, 0.6) is 0 Å². The summed E-state index contributed by atoms with van der Waals surface area (Å²) >= 11 is 0.